The van der Waals surface area contributed by atoms with Crippen molar-refractivity contribution in [3.05, 3.63) is 97.6 Å². The van der Waals surface area contributed by atoms with Crippen molar-refractivity contribution in [2.75, 3.05) is 17.2 Å². The van der Waals surface area contributed by atoms with Gasteiger partial charge in [0.25, 0.3) is 0 Å². The number of allylic oxidation sites excluding steroid dienone is 4. The molecule has 2 N–H and O–H groups in total. The van der Waals surface area contributed by atoms with Crippen molar-refractivity contribution in [1.82, 2.24) is 9.97 Å². The third-order valence-corrected chi connectivity index (χ3v) is 4.01. The molecule has 29 heavy (non-hydrogen) atoms. The molecule has 1 aliphatic rings. The highest BCUT2D eigenvalue weighted by atomic mass is 16.5. The van der Waals surface area contributed by atoms with Crippen LogP contribution in [0.25, 0.3) is 0 Å². The number of aromatic nitrogens is 2. The Hall–Kier alpha value is -4.06. The van der Waals surface area contributed by atoms with Crippen LogP contribution in [0.1, 0.15) is 0 Å². The van der Waals surface area contributed by atoms with Crippen LogP contribution < -0.4 is 20.1 Å². The number of rotatable bonds is 0. The molecule has 4 rings (SSSR count). The minimum atomic E-state index is 0.475. The van der Waals surface area contributed by atoms with Gasteiger partial charge in [-0.05, 0) is 36.4 Å². The summed E-state index contributed by atoms with van der Waals surface area (Å²) in [5.74, 6) is 2.79. The van der Waals surface area contributed by atoms with Crippen LogP contribution >= 0.6 is 0 Å². The van der Waals surface area contributed by atoms with Gasteiger partial charge >= 0.3 is 0 Å². The number of hydrogen-bond donors (Lipinski definition) is 2. The van der Waals surface area contributed by atoms with Crippen molar-refractivity contribution in [3.63, 3.8) is 0 Å². The standard InChI is InChI=1S/C23H20N4O2/c1-2-6-13-28-19-10-8-9-18(15-19)26-22-16-23(25-17-24-22)27-20-11-4-5-12-21(20)29-14-7-3-1/h1-12,14-17H,13H2,(H2,24,25,26,27)/b3-1?,6-2?,14-7-. The normalized spacial score (nSPS) is 14.5. The maximum Gasteiger partial charge on any atom is 0.149 e. The second-order valence-electron chi connectivity index (χ2n) is 6.13. The minimum Gasteiger partial charge on any atom is -0.489 e. The lowest BCUT2D eigenvalue weighted by Crippen LogP contribution is -2.00. The van der Waals surface area contributed by atoms with E-state index in [1.807, 2.05) is 85.0 Å². The average molecular weight is 384 g/mol. The molecule has 0 atom stereocenters. The van der Waals surface area contributed by atoms with E-state index < -0.39 is 0 Å². The largest absolute Gasteiger partial charge is 0.489 e. The Morgan fingerprint density at radius 2 is 1.66 bits per heavy atom. The van der Waals surface area contributed by atoms with E-state index in [-0.39, 0.29) is 0 Å². The molecule has 1 aliphatic heterocycles. The molecule has 2 aromatic carbocycles. The van der Waals surface area contributed by atoms with E-state index in [0.717, 1.165) is 17.1 Å². The molecule has 144 valence electrons. The fourth-order valence-corrected chi connectivity index (χ4v) is 2.68. The third kappa shape index (κ3) is 5.23. The van der Waals surface area contributed by atoms with E-state index in [0.29, 0.717) is 24.0 Å². The number of nitrogens with zero attached hydrogens (tertiary/aromatic N) is 2. The molecule has 0 aliphatic carbocycles. The second-order valence-corrected chi connectivity index (χ2v) is 6.13. The molecule has 6 nitrogen and oxygen atoms in total. The summed E-state index contributed by atoms with van der Waals surface area (Å²) in [5, 5.41) is 6.56. The van der Waals surface area contributed by atoms with Gasteiger partial charge in [0.2, 0.25) is 0 Å². The molecule has 0 amide bonds. The predicted molar refractivity (Wildman–Crippen MR) is 115 cm³/mol. The molecule has 0 radical (unpaired) electrons. The molecule has 0 saturated carbocycles. The number of para-hydroxylation sites is 2. The van der Waals surface area contributed by atoms with E-state index in [9.17, 15) is 0 Å². The van der Waals surface area contributed by atoms with Crippen LogP contribution in [0, 0.1) is 0 Å². The first-order valence-corrected chi connectivity index (χ1v) is 9.20. The Labute approximate surface area is 169 Å². The molecule has 1 aromatic heterocycles. The molecule has 0 spiro atoms. The van der Waals surface area contributed by atoms with Gasteiger partial charge in [-0.1, -0.05) is 36.4 Å². The summed E-state index contributed by atoms with van der Waals surface area (Å²) in [7, 11) is 0. The van der Waals surface area contributed by atoms with Crippen LogP contribution in [-0.4, -0.2) is 16.6 Å². The van der Waals surface area contributed by atoms with Crippen LogP contribution in [0.5, 0.6) is 11.5 Å². The topological polar surface area (TPSA) is 68.3 Å². The lowest BCUT2D eigenvalue weighted by Gasteiger charge is -2.12. The van der Waals surface area contributed by atoms with Crippen molar-refractivity contribution >= 4 is 23.0 Å². The summed E-state index contributed by atoms with van der Waals surface area (Å²) in [5.41, 5.74) is 1.68. The van der Waals surface area contributed by atoms with Gasteiger partial charge in [0.1, 0.15) is 36.1 Å². The molecule has 3 aromatic rings. The Balaban J connectivity index is 1.65. The van der Waals surface area contributed by atoms with E-state index in [1.54, 1.807) is 6.26 Å². The van der Waals surface area contributed by atoms with E-state index in [4.69, 9.17) is 9.47 Å². The second kappa shape index (κ2) is 9.23. The average Bonchev–Trinajstić information content (AvgIpc) is 2.74. The minimum absolute atomic E-state index is 0.475. The summed E-state index contributed by atoms with van der Waals surface area (Å²) in [6.45, 7) is 0.475. The molecule has 0 saturated heterocycles. The zero-order valence-electron chi connectivity index (χ0n) is 15.7. The highest BCUT2D eigenvalue weighted by molar-refractivity contribution is 5.67. The van der Waals surface area contributed by atoms with Crippen LogP contribution in [0.15, 0.2) is 97.6 Å². The smallest absolute Gasteiger partial charge is 0.149 e. The maximum absolute atomic E-state index is 5.76. The maximum atomic E-state index is 5.76. The highest BCUT2D eigenvalue weighted by Crippen LogP contribution is 2.28. The first-order chi connectivity index (χ1) is 14.4. The first-order valence-electron chi connectivity index (χ1n) is 9.20. The molecule has 6 heteroatoms. The molecule has 0 fully saturated rings. The van der Waals surface area contributed by atoms with Crippen molar-refractivity contribution in [1.29, 1.82) is 0 Å². The highest BCUT2D eigenvalue weighted by Gasteiger charge is 2.05. The summed E-state index contributed by atoms with van der Waals surface area (Å²) in [6.07, 6.45) is 12.6. The lowest BCUT2D eigenvalue weighted by atomic mass is 10.3. The third-order valence-electron chi connectivity index (χ3n) is 4.01. The first kappa shape index (κ1) is 18.3. The van der Waals surface area contributed by atoms with Gasteiger partial charge in [-0.25, -0.2) is 9.97 Å². The van der Waals surface area contributed by atoms with Crippen LogP contribution in [0.4, 0.5) is 23.0 Å². The van der Waals surface area contributed by atoms with E-state index in [2.05, 4.69) is 20.6 Å². The summed E-state index contributed by atoms with van der Waals surface area (Å²) < 4.78 is 11.5. The van der Waals surface area contributed by atoms with Crippen molar-refractivity contribution in [2.45, 2.75) is 0 Å². The van der Waals surface area contributed by atoms with Gasteiger partial charge in [0.15, 0.2) is 0 Å². The van der Waals surface area contributed by atoms with Gasteiger partial charge in [0.05, 0.1) is 11.9 Å². The molecular formula is C23H20N4O2. The predicted octanol–water partition coefficient (Wildman–Crippen LogP) is 5.36. The number of fused-ring (bicyclic) bond motifs is 5. The zero-order chi connectivity index (χ0) is 19.7. The fourth-order valence-electron chi connectivity index (χ4n) is 2.68. The summed E-state index contributed by atoms with van der Waals surface area (Å²) in [4.78, 5) is 8.60. The van der Waals surface area contributed by atoms with Gasteiger partial charge in [-0.2, -0.15) is 0 Å². The Bertz CT molecular complexity index is 1060. The zero-order valence-corrected chi connectivity index (χ0v) is 15.7. The van der Waals surface area contributed by atoms with Crippen molar-refractivity contribution < 1.29 is 9.47 Å². The van der Waals surface area contributed by atoms with E-state index in [1.165, 1.54) is 6.33 Å². The van der Waals surface area contributed by atoms with Crippen LogP contribution in [-0.2, 0) is 0 Å². The fraction of sp³-hybridized carbons (Fsp3) is 0.0435. The van der Waals surface area contributed by atoms with Crippen molar-refractivity contribution in [2.24, 2.45) is 0 Å². The molecule has 2 heterocycles. The van der Waals surface area contributed by atoms with Gasteiger partial charge < -0.3 is 20.1 Å². The number of nitrogens with one attached hydrogen (secondary N) is 2. The van der Waals surface area contributed by atoms with Gasteiger partial charge in [-0.3, -0.25) is 0 Å². The summed E-state index contributed by atoms with van der Waals surface area (Å²) >= 11 is 0. The quantitative estimate of drug-likeness (QED) is 0.544. The Morgan fingerprint density at radius 1 is 0.793 bits per heavy atom. The molecular weight excluding hydrogens is 364 g/mol. The monoisotopic (exact) mass is 384 g/mol. The number of anilines is 4. The van der Waals surface area contributed by atoms with Gasteiger partial charge in [-0.15, -0.1) is 0 Å². The van der Waals surface area contributed by atoms with Crippen molar-refractivity contribution in [3.8, 4) is 11.5 Å². The molecule has 4 bridgehead atoms. The van der Waals surface area contributed by atoms with Gasteiger partial charge in [0, 0.05) is 17.8 Å². The lowest BCUT2D eigenvalue weighted by molar-refractivity contribution is 0.363. The molecule has 0 unspecified atom stereocenters. The number of hydrogen-bond acceptors (Lipinski definition) is 6. The van der Waals surface area contributed by atoms with Crippen LogP contribution in [0.2, 0.25) is 0 Å². The van der Waals surface area contributed by atoms with E-state index >= 15 is 0 Å². The SMILES string of the molecule is C1=C/C=C\Oc2ccccc2Nc2cc(ncn2)Nc2cccc(c2)OCC=C1. The number of benzene rings is 2. The summed E-state index contributed by atoms with van der Waals surface area (Å²) in [6, 6.07) is 17.2. The number of ether oxygens (including phenoxy) is 2. The Kier molecular flexibility index (Phi) is 5.83. The Morgan fingerprint density at radius 3 is 2.62 bits per heavy atom. The van der Waals surface area contributed by atoms with Crippen LogP contribution in [0.3, 0.4) is 0 Å².